The summed E-state index contributed by atoms with van der Waals surface area (Å²) in [6.07, 6.45) is 3.90. The van der Waals surface area contributed by atoms with Crippen molar-refractivity contribution in [1.82, 2.24) is 4.90 Å². The minimum Gasteiger partial charge on any atom is -0.488 e. The van der Waals surface area contributed by atoms with Crippen molar-refractivity contribution in [3.63, 3.8) is 0 Å². The molecule has 0 unspecified atom stereocenters. The molecule has 1 aromatic carbocycles. The third-order valence-electron chi connectivity index (χ3n) is 2.96. The second kappa shape index (κ2) is 4.83. The SMILES string of the molecule is CN1C(=O)/C(=C\C2=Cc3ccccc3OC2)SC1=S. The van der Waals surface area contributed by atoms with Gasteiger partial charge in [-0.05, 0) is 23.8 Å². The molecule has 0 aliphatic carbocycles. The monoisotopic (exact) mass is 289 g/mol. The number of hydrogen-bond donors (Lipinski definition) is 0. The summed E-state index contributed by atoms with van der Waals surface area (Å²) >= 11 is 6.43. The molecule has 1 fully saturated rings. The Kier molecular flexibility index (Phi) is 3.16. The molecule has 2 aliphatic rings. The Balaban J connectivity index is 1.92. The first-order chi connectivity index (χ1) is 9.15. The molecule has 1 saturated heterocycles. The lowest BCUT2D eigenvalue weighted by atomic mass is 10.1. The van der Waals surface area contributed by atoms with Gasteiger partial charge in [0.05, 0.1) is 4.91 Å². The molecule has 0 radical (unpaired) electrons. The van der Waals surface area contributed by atoms with Crippen molar-refractivity contribution in [2.45, 2.75) is 0 Å². The zero-order chi connectivity index (χ0) is 13.4. The lowest BCUT2D eigenvalue weighted by Gasteiger charge is -2.15. The molecule has 0 N–H and O–H groups in total. The van der Waals surface area contributed by atoms with Gasteiger partial charge >= 0.3 is 0 Å². The van der Waals surface area contributed by atoms with Gasteiger partial charge in [-0.15, -0.1) is 0 Å². The summed E-state index contributed by atoms with van der Waals surface area (Å²) in [6.45, 7) is 0.477. The summed E-state index contributed by atoms with van der Waals surface area (Å²) in [4.78, 5) is 14.1. The largest absolute Gasteiger partial charge is 0.488 e. The van der Waals surface area contributed by atoms with Crippen LogP contribution >= 0.6 is 24.0 Å². The molecule has 0 bridgehead atoms. The Morgan fingerprint density at radius 1 is 1.42 bits per heavy atom. The van der Waals surface area contributed by atoms with Gasteiger partial charge in [-0.1, -0.05) is 42.2 Å². The van der Waals surface area contributed by atoms with Crippen molar-refractivity contribution in [3.8, 4) is 5.75 Å². The average molecular weight is 289 g/mol. The Morgan fingerprint density at radius 3 is 2.95 bits per heavy atom. The molecule has 0 spiro atoms. The number of carbonyl (C=O) groups excluding carboxylic acids is 1. The molecule has 0 aromatic heterocycles. The predicted molar refractivity (Wildman–Crippen MR) is 81.0 cm³/mol. The molecule has 3 rings (SSSR count). The van der Waals surface area contributed by atoms with Gasteiger partial charge in [0.2, 0.25) is 0 Å². The van der Waals surface area contributed by atoms with E-state index in [1.165, 1.54) is 16.7 Å². The van der Waals surface area contributed by atoms with Crippen LogP contribution in [0.25, 0.3) is 6.08 Å². The number of ether oxygens (including phenoxy) is 1. The van der Waals surface area contributed by atoms with E-state index in [1.54, 1.807) is 7.05 Å². The fraction of sp³-hybridized carbons (Fsp3) is 0.143. The highest BCUT2D eigenvalue weighted by Crippen LogP contribution is 2.32. The second-order valence-electron chi connectivity index (χ2n) is 4.29. The van der Waals surface area contributed by atoms with E-state index in [0.717, 1.165) is 16.9 Å². The number of para-hydroxylation sites is 1. The molecule has 19 heavy (non-hydrogen) atoms. The van der Waals surface area contributed by atoms with Crippen molar-refractivity contribution in [2.24, 2.45) is 0 Å². The maximum absolute atomic E-state index is 11.9. The van der Waals surface area contributed by atoms with Gasteiger partial charge in [0, 0.05) is 12.6 Å². The highest BCUT2D eigenvalue weighted by Gasteiger charge is 2.29. The number of likely N-dealkylation sites (N-methyl/N-ethyl adjacent to an activating group) is 1. The van der Waals surface area contributed by atoms with Crippen LogP contribution < -0.4 is 4.74 Å². The molecule has 5 heteroatoms. The first kappa shape index (κ1) is 12.4. The van der Waals surface area contributed by atoms with E-state index in [-0.39, 0.29) is 5.91 Å². The van der Waals surface area contributed by atoms with E-state index in [4.69, 9.17) is 17.0 Å². The molecule has 1 amide bonds. The molecule has 2 heterocycles. The van der Waals surface area contributed by atoms with Gasteiger partial charge in [0.25, 0.3) is 5.91 Å². The average Bonchev–Trinajstić information content (AvgIpc) is 2.66. The number of nitrogens with zero attached hydrogens (tertiary/aromatic N) is 1. The number of carbonyl (C=O) groups is 1. The van der Waals surface area contributed by atoms with Crippen LogP contribution in [0.3, 0.4) is 0 Å². The van der Waals surface area contributed by atoms with Crippen molar-refractivity contribution in [2.75, 3.05) is 13.7 Å². The quantitative estimate of drug-likeness (QED) is 0.587. The highest BCUT2D eigenvalue weighted by atomic mass is 32.2. The molecule has 0 saturated carbocycles. The topological polar surface area (TPSA) is 29.5 Å². The Bertz CT molecular complexity index is 634. The highest BCUT2D eigenvalue weighted by molar-refractivity contribution is 8.26. The summed E-state index contributed by atoms with van der Waals surface area (Å²) in [5.74, 6) is 0.831. The third-order valence-corrected chi connectivity index (χ3v) is 4.44. The van der Waals surface area contributed by atoms with E-state index >= 15 is 0 Å². The molecule has 3 nitrogen and oxygen atoms in total. The number of fused-ring (bicyclic) bond motifs is 1. The van der Waals surface area contributed by atoms with E-state index in [1.807, 2.05) is 36.4 Å². The van der Waals surface area contributed by atoms with Crippen LogP contribution in [0.2, 0.25) is 0 Å². The molecule has 0 atom stereocenters. The van der Waals surface area contributed by atoms with Crippen molar-refractivity contribution in [1.29, 1.82) is 0 Å². The van der Waals surface area contributed by atoms with E-state index < -0.39 is 0 Å². The van der Waals surface area contributed by atoms with Crippen LogP contribution in [0, 0.1) is 0 Å². The van der Waals surface area contributed by atoms with Gasteiger partial charge in [-0.3, -0.25) is 9.69 Å². The maximum Gasteiger partial charge on any atom is 0.265 e. The van der Waals surface area contributed by atoms with Gasteiger partial charge < -0.3 is 4.74 Å². The molecule has 2 aliphatic heterocycles. The van der Waals surface area contributed by atoms with Crippen LogP contribution in [0.4, 0.5) is 0 Å². The molecule has 1 aromatic rings. The predicted octanol–water partition coefficient (Wildman–Crippen LogP) is 2.84. The Labute approximate surface area is 120 Å². The van der Waals surface area contributed by atoms with Crippen LogP contribution in [0.5, 0.6) is 5.75 Å². The Hall–Kier alpha value is -1.59. The normalized spacial score (nSPS) is 20.4. The Morgan fingerprint density at radius 2 is 2.21 bits per heavy atom. The summed E-state index contributed by atoms with van der Waals surface area (Å²) < 4.78 is 6.25. The fourth-order valence-electron chi connectivity index (χ4n) is 1.93. The fourth-order valence-corrected chi connectivity index (χ4v) is 3.13. The second-order valence-corrected chi connectivity index (χ2v) is 5.96. The van der Waals surface area contributed by atoms with Crippen molar-refractivity contribution in [3.05, 3.63) is 46.4 Å². The minimum absolute atomic E-state index is 0.0465. The third kappa shape index (κ3) is 2.31. The zero-order valence-electron chi connectivity index (χ0n) is 10.3. The maximum atomic E-state index is 11.9. The van der Waals surface area contributed by atoms with Gasteiger partial charge in [0.15, 0.2) is 0 Å². The number of thiocarbonyl (C=S) groups is 1. The van der Waals surface area contributed by atoms with Crippen LogP contribution in [0.1, 0.15) is 5.56 Å². The van der Waals surface area contributed by atoms with E-state index in [0.29, 0.717) is 15.8 Å². The number of rotatable bonds is 1. The lowest BCUT2D eigenvalue weighted by molar-refractivity contribution is -0.121. The molecule has 96 valence electrons. The molecular formula is C14H11NO2S2. The molecular weight excluding hydrogens is 278 g/mol. The lowest BCUT2D eigenvalue weighted by Crippen LogP contribution is -2.22. The number of hydrogen-bond acceptors (Lipinski definition) is 4. The van der Waals surface area contributed by atoms with Crippen LogP contribution in [0.15, 0.2) is 40.8 Å². The van der Waals surface area contributed by atoms with E-state index in [9.17, 15) is 4.79 Å². The van der Waals surface area contributed by atoms with E-state index in [2.05, 4.69) is 0 Å². The van der Waals surface area contributed by atoms with Crippen LogP contribution in [-0.4, -0.2) is 28.8 Å². The summed E-state index contributed by atoms with van der Waals surface area (Å²) in [6, 6.07) is 7.84. The standard InChI is InChI=1S/C14H11NO2S2/c1-15-13(16)12(19-14(15)18)7-9-6-10-4-2-3-5-11(10)17-8-9/h2-7H,8H2,1H3/b12-7+. The van der Waals surface area contributed by atoms with Crippen molar-refractivity contribution < 1.29 is 9.53 Å². The number of benzene rings is 1. The summed E-state index contributed by atoms with van der Waals surface area (Å²) in [7, 11) is 1.69. The summed E-state index contributed by atoms with van der Waals surface area (Å²) in [5, 5.41) is 0. The first-order valence-electron chi connectivity index (χ1n) is 5.79. The first-order valence-corrected chi connectivity index (χ1v) is 7.01. The minimum atomic E-state index is -0.0465. The number of thioether (sulfide) groups is 1. The smallest absolute Gasteiger partial charge is 0.265 e. The summed E-state index contributed by atoms with van der Waals surface area (Å²) in [5.41, 5.74) is 2.01. The van der Waals surface area contributed by atoms with Gasteiger partial charge in [-0.2, -0.15) is 0 Å². The van der Waals surface area contributed by atoms with Crippen LogP contribution in [-0.2, 0) is 4.79 Å². The number of amides is 1. The van der Waals surface area contributed by atoms with Gasteiger partial charge in [0.1, 0.15) is 16.7 Å². The van der Waals surface area contributed by atoms with Gasteiger partial charge in [-0.25, -0.2) is 0 Å². The zero-order valence-corrected chi connectivity index (χ0v) is 11.9. The van der Waals surface area contributed by atoms with Crippen molar-refractivity contribution >= 4 is 40.3 Å².